The minimum atomic E-state index is -4.51. The first-order chi connectivity index (χ1) is 18.4. The highest BCUT2D eigenvalue weighted by molar-refractivity contribution is 6.07. The Bertz CT molecular complexity index is 1450. The Morgan fingerprint density at radius 3 is 2.37 bits per heavy atom. The lowest BCUT2D eigenvalue weighted by atomic mass is 9.84. The largest absolute Gasteiger partial charge is 0.410 e. The van der Waals surface area contributed by atoms with E-state index in [1.807, 2.05) is 66.7 Å². The van der Waals surface area contributed by atoms with E-state index in [1.54, 1.807) is 0 Å². The van der Waals surface area contributed by atoms with Crippen LogP contribution >= 0.6 is 0 Å². The van der Waals surface area contributed by atoms with Crippen molar-refractivity contribution in [3.8, 4) is 0 Å². The summed E-state index contributed by atoms with van der Waals surface area (Å²) in [6.07, 6.45) is 2.60. The highest BCUT2D eigenvalue weighted by atomic mass is 19.4. The average molecular weight is 519 g/mol. The molecule has 5 nitrogen and oxygen atoms in total. The van der Waals surface area contributed by atoms with Gasteiger partial charge < -0.3 is 10.6 Å². The van der Waals surface area contributed by atoms with Gasteiger partial charge in [-0.2, -0.15) is 18.3 Å². The Hall–Kier alpha value is -3.81. The predicted molar refractivity (Wildman–Crippen MR) is 142 cm³/mol. The summed E-state index contributed by atoms with van der Waals surface area (Å²) in [6.45, 7) is 0. The van der Waals surface area contributed by atoms with Crippen LogP contribution < -0.4 is 10.6 Å². The van der Waals surface area contributed by atoms with Crippen LogP contribution in [0.2, 0.25) is 0 Å². The molecule has 2 unspecified atom stereocenters. The smallest absolute Gasteiger partial charge is 0.363 e. The maximum atomic E-state index is 14.1. The fraction of sp³-hybridized carbons (Fsp3) is 0.333. The standard InChI is InChI=1S/C30H29F3N4O/c31-30(32,33)27-17-26(23-11-10-20-8-4-5-9-22(20)16-23)36-28-25(18-34-37(27)28)29(38)35-24-14-12-21(13-15-24)19-6-2-1-3-7-19/h4-5,8-16,18-19,26-27,36H,1-3,6-7,17H2,(H,35,38). The Balaban J connectivity index is 1.26. The van der Waals surface area contributed by atoms with Crippen molar-refractivity contribution < 1.29 is 18.0 Å². The molecule has 6 rings (SSSR count). The van der Waals surface area contributed by atoms with Crippen molar-refractivity contribution in [3.05, 3.63) is 89.6 Å². The number of carbonyl (C=O) groups is 1. The molecule has 2 N–H and O–H groups in total. The first-order valence-corrected chi connectivity index (χ1v) is 13.2. The zero-order chi connectivity index (χ0) is 26.3. The van der Waals surface area contributed by atoms with Crippen LogP contribution in [-0.4, -0.2) is 21.9 Å². The van der Waals surface area contributed by atoms with Gasteiger partial charge in [0.1, 0.15) is 11.4 Å². The van der Waals surface area contributed by atoms with E-state index in [9.17, 15) is 18.0 Å². The quantitative estimate of drug-likeness (QED) is 0.288. The maximum Gasteiger partial charge on any atom is 0.410 e. The molecule has 1 aliphatic carbocycles. The molecule has 1 amide bonds. The number of hydrogen-bond donors (Lipinski definition) is 2. The number of nitrogens with zero attached hydrogens (tertiary/aromatic N) is 2. The molecule has 1 aromatic heterocycles. The fourth-order valence-electron chi connectivity index (χ4n) is 5.84. The molecule has 0 saturated heterocycles. The second-order valence-corrected chi connectivity index (χ2v) is 10.4. The van der Waals surface area contributed by atoms with E-state index in [0.717, 1.165) is 21.0 Å². The monoisotopic (exact) mass is 518 g/mol. The number of carbonyl (C=O) groups excluding carboxylic acids is 1. The minimum Gasteiger partial charge on any atom is -0.363 e. The zero-order valence-electron chi connectivity index (χ0n) is 20.8. The third kappa shape index (κ3) is 4.75. The van der Waals surface area contributed by atoms with Crippen LogP contribution in [0.1, 0.15) is 78.0 Å². The van der Waals surface area contributed by atoms with Crippen LogP contribution in [0, 0.1) is 0 Å². The maximum absolute atomic E-state index is 14.1. The number of anilines is 2. The molecule has 1 saturated carbocycles. The van der Waals surface area contributed by atoms with E-state index < -0.39 is 24.2 Å². The van der Waals surface area contributed by atoms with Crippen molar-refractivity contribution in [1.82, 2.24) is 9.78 Å². The van der Waals surface area contributed by atoms with Crippen molar-refractivity contribution in [2.45, 2.75) is 62.7 Å². The summed E-state index contributed by atoms with van der Waals surface area (Å²) in [4.78, 5) is 13.2. The second kappa shape index (κ2) is 9.82. The normalized spacial score (nSPS) is 20.1. The molecule has 1 aliphatic heterocycles. The zero-order valence-corrected chi connectivity index (χ0v) is 20.8. The van der Waals surface area contributed by atoms with Gasteiger partial charge in [-0.05, 0) is 58.9 Å². The van der Waals surface area contributed by atoms with E-state index in [1.165, 1.54) is 43.9 Å². The number of amides is 1. The Morgan fingerprint density at radius 1 is 0.921 bits per heavy atom. The lowest BCUT2D eigenvalue weighted by Gasteiger charge is -2.34. The van der Waals surface area contributed by atoms with E-state index in [4.69, 9.17) is 0 Å². The topological polar surface area (TPSA) is 59.0 Å². The SMILES string of the molecule is O=C(Nc1ccc(C2CCCCC2)cc1)c1cnn2c1NC(c1ccc3ccccc3c1)CC2C(F)(F)F. The van der Waals surface area contributed by atoms with Crippen molar-refractivity contribution in [1.29, 1.82) is 0 Å². The minimum absolute atomic E-state index is 0.0769. The molecule has 2 heterocycles. The number of fused-ring (bicyclic) bond motifs is 2. The van der Waals surface area contributed by atoms with Crippen molar-refractivity contribution in [2.24, 2.45) is 0 Å². The number of benzene rings is 3. The summed E-state index contributed by atoms with van der Waals surface area (Å²) in [6, 6.07) is 18.7. The fourth-order valence-corrected chi connectivity index (χ4v) is 5.84. The molecular formula is C30H29F3N4O. The van der Waals surface area contributed by atoms with Crippen LogP contribution in [-0.2, 0) is 0 Å². The Morgan fingerprint density at radius 2 is 1.63 bits per heavy atom. The van der Waals surface area contributed by atoms with Gasteiger partial charge in [-0.3, -0.25) is 4.79 Å². The number of alkyl halides is 3. The number of aromatic nitrogens is 2. The predicted octanol–water partition coefficient (Wildman–Crippen LogP) is 8.00. The second-order valence-electron chi connectivity index (χ2n) is 10.4. The Kier molecular flexibility index (Phi) is 6.33. The average Bonchev–Trinajstić information content (AvgIpc) is 3.37. The summed E-state index contributed by atoms with van der Waals surface area (Å²) in [5.41, 5.74) is 2.68. The highest BCUT2D eigenvalue weighted by Gasteiger charge is 2.47. The van der Waals surface area contributed by atoms with Crippen LogP contribution in [0.25, 0.3) is 10.8 Å². The van der Waals surface area contributed by atoms with Gasteiger partial charge in [0, 0.05) is 12.1 Å². The molecule has 0 radical (unpaired) electrons. The van der Waals surface area contributed by atoms with E-state index in [0.29, 0.717) is 11.6 Å². The van der Waals surface area contributed by atoms with Crippen molar-refractivity contribution in [3.63, 3.8) is 0 Å². The van der Waals surface area contributed by atoms with Gasteiger partial charge in [0.05, 0.1) is 12.2 Å². The van der Waals surface area contributed by atoms with Gasteiger partial charge in [0.2, 0.25) is 0 Å². The molecule has 2 atom stereocenters. The molecule has 196 valence electrons. The van der Waals surface area contributed by atoms with Gasteiger partial charge in [-0.15, -0.1) is 0 Å². The van der Waals surface area contributed by atoms with Gasteiger partial charge in [-0.1, -0.05) is 67.8 Å². The number of rotatable bonds is 4. The van der Waals surface area contributed by atoms with Crippen LogP contribution in [0.3, 0.4) is 0 Å². The van der Waals surface area contributed by atoms with Gasteiger partial charge in [0.25, 0.3) is 5.91 Å². The molecule has 3 aromatic carbocycles. The number of hydrogen-bond acceptors (Lipinski definition) is 3. The molecule has 0 bridgehead atoms. The molecule has 0 spiro atoms. The summed E-state index contributed by atoms with van der Waals surface area (Å²) >= 11 is 0. The molecule has 38 heavy (non-hydrogen) atoms. The van der Waals surface area contributed by atoms with Crippen molar-refractivity contribution in [2.75, 3.05) is 10.6 Å². The third-order valence-corrected chi connectivity index (χ3v) is 7.90. The summed E-state index contributed by atoms with van der Waals surface area (Å²) < 4.78 is 43.3. The molecular weight excluding hydrogens is 489 g/mol. The highest BCUT2D eigenvalue weighted by Crippen LogP contribution is 2.44. The summed E-state index contributed by atoms with van der Waals surface area (Å²) in [5, 5.41) is 12.0. The molecule has 8 heteroatoms. The lowest BCUT2D eigenvalue weighted by molar-refractivity contribution is -0.173. The molecule has 1 fully saturated rings. The first kappa shape index (κ1) is 24.5. The number of halogens is 3. The van der Waals surface area contributed by atoms with Crippen molar-refractivity contribution >= 4 is 28.2 Å². The third-order valence-electron chi connectivity index (χ3n) is 7.90. The van der Waals surface area contributed by atoms with E-state index in [2.05, 4.69) is 15.7 Å². The van der Waals surface area contributed by atoms with Crippen LogP contribution in [0.15, 0.2) is 72.9 Å². The van der Waals surface area contributed by atoms with E-state index in [-0.39, 0.29) is 17.8 Å². The molecule has 2 aliphatic rings. The summed E-state index contributed by atoms with van der Waals surface area (Å²) in [7, 11) is 0. The van der Waals surface area contributed by atoms with Gasteiger partial charge in [-0.25, -0.2) is 4.68 Å². The Labute approximate surface area is 219 Å². The van der Waals surface area contributed by atoms with Gasteiger partial charge in [0.15, 0.2) is 6.04 Å². The van der Waals surface area contributed by atoms with Gasteiger partial charge >= 0.3 is 6.18 Å². The van der Waals surface area contributed by atoms with E-state index >= 15 is 0 Å². The molecule has 4 aromatic rings. The first-order valence-electron chi connectivity index (χ1n) is 13.2. The van der Waals surface area contributed by atoms with Crippen LogP contribution in [0.5, 0.6) is 0 Å². The van der Waals surface area contributed by atoms with Crippen LogP contribution in [0.4, 0.5) is 24.7 Å². The number of nitrogens with one attached hydrogen (secondary N) is 2. The lowest BCUT2D eigenvalue weighted by Crippen LogP contribution is -2.36. The summed E-state index contributed by atoms with van der Waals surface area (Å²) in [5.74, 6) is 0.129.